The van der Waals surface area contributed by atoms with Gasteiger partial charge in [0, 0.05) is 6.17 Å². The van der Waals surface area contributed by atoms with Gasteiger partial charge >= 0.3 is 0 Å². The van der Waals surface area contributed by atoms with Crippen LogP contribution in [0.1, 0.15) is 106 Å². The van der Waals surface area contributed by atoms with Gasteiger partial charge in [-0.15, -0.1) is 0 Å². The van der Waals surface area contributed by atoms with Gasteiger partial charge in [-0.05, 0) is 6.92 Å². The second-order valence-corrected chi connectivity index (χ2v) is 1.57. The highest BCUT2D eigenvalue weighted by Crippen LogP contribution is 1.56. The zero-order valence-corrected chi connectivity index (χ0v) is 11.4. The lowest BCUT2D eigenvalue weighted by molar-refractivity contribution is 0.790. The van der Waals surface area contributed by atoms with E-state index in [4.69, 9.17) is 11.5 Å². The third-order valence-corrected chi connectivity index (χ3v) is 0. The molecule has 4 N–H and O–H groups in total. The molecule has 0 heterocycles. The minimum Gasteiger partial charge on any atom is -0.316 e. The van der Waals surface area contributed by atoms with Crippen LogP contribution in [0, 0.1) is 0 Å². The van der Waals surface area contributed by atoms with E-state index in [2.05, 4.69) is 13.8 Å². The van der Waals surface area contributed by atoms with E-state index in [0.717, 1.165) is 0 Å². The molecule has 0 amide bonds. The summed E-state index contributed by atoms with van der Waals surface area (Å²) >= 11 is 0. The van der Waals surface area contributed by atoms with Crippen LogP contribution in [0.15, 0.2) is 0 Å². The van der Waals surface area contributed by atoms with Crippen LogP contribution in [0.25, 0.3) is 0 Å². The van der Waals surface area contributed by atoms with Gasteiger partial charge in [0.05, 0.1) is 0 Å². The summed E-state index contributed by atoms with van der Waals surface area (Å²) in [4.78, 5) is 0. The molecule has 0 saturated heterocycles. The fourth-order valence-corrected chi connectivity index (χ4v) is 0. The van der Waals surface area contributed by atoms with Crippen molar-refractivity contribution in [1.29, 1.82) is 0 Å². The molecule has 2 heteroatoms. The molecule has 0 bridgehead atoms. The second kappa shape index (κ2) is 279. The van der Waals surface area contributed by atoms with Crippen molar-refractivity contribution < 1.29 is 0 Å². The van der Waals surface area contributed by atoms with E-state index < -0.39 is 0 Å². The Bertz CT molecular complexity index is 20.3. The lowest BCUT2D eigenvalue weighted by Gasteiger charge is -1.83. The van der Waals surface area contributed by atoms with Crippen molar-refractivity contribution >= 4 is 0 Å². The third-order valence-electron chi connectivity index (χ3n) is 0. The summed E-state index contributed by atoms with van der Waals surface area (Å²) < 4.78 is 0. The van der Waals surface area contributed by atoms with E-state index in [1.807, 2.05) is 41.5 Å². The number of nitrogens with two attached hydrogens (primary N) is 2. The van der Waals surface area contributed by atoms with Gasteiger partial charge in [0.15, 0.2) is 0 Å². The molecule has 0 rings (SSSR count). The fraction of sp³-hybridized carbons (Fsp3) is 1.00. The Hall–Kier alpha value is -0.0800. The average molecular weight is 275 g/mol. The van der Waals surface area contributed by atoms with Crippen molar-refractivity contribution in [2.75, 3.05) is 0 Å². The largest absolute Gasteiger partial charge is 0.316 e. The normalized spacial score (nSPS) is 4.00. The van der Waals surface area contributed by atoms with Crippen LogP contribution >= 0.6 is 0 Å². The number of rotatable bonds is 0. The van der Waals surface area contributed by atoms with E-state index >= 15 is 0 Å². The highest BCUT2D eigenvalue weighted by atomic mass is 14.8. The molecule has 0 aromatic carbocycles. The molecule has 0 fully saturated rings. The first kappa shape index (κ1) is 81.8. The summed E-state index contributed by atoms with van der Waals surface area (Å²) in [6, 6.07) is 0. The Morgan fingerprint density at radius 2 is 0.611 bits per heavy atom. The smallest absolute Gasteiger partial charge is 0.0491 e. The second-order valence-electron chi connectivity index (χ2n) is 1.57. The first-order valence-electron chi connectivity index (χ1n) is 5.66. The first-order chi connectivity index (χ1) is 6.15. The molecule has 0 unspecified atom stereocenters. The highest BCUT2D eigenvalue weighted by Gasteiger charge is 1.66. The topological polar surface area (TPSA) is 52.0 Å². The molecule has 0 aliphatic heterocycles. The Labute approximate surface area is 124 Å². The summed E-state index contributed by atoms with van der Waals surface area (Å²) in [7, 11) is 0. The molecule has 0 spiro atoms. The summed E-state index contributed by atoms with van der Waals surface area (Å²) in [5.74, 6) is 0. The van der Waals surface area contributed by atoms with Crippen LogP contribution < -0.4 is 11.5 Å². The maximum absolute atomic E-state index is 4.89. The zero-order valence-electron chi connectivity index (χ0n) is 11.4. The van der Waals surface area contributed by atoms with Crippen LogP contribution in [0.4, 0.5) is 0 Å². The van der Waals surface area contributed by atoms with E-state index in [-0.39, 0.29) is 43.3 Å². The predicted octanol–water partition coefficient (Wildman–Crippen LogP) is 6.93. The van der Waals surface area contributed by atoms with Crippen molar-refractivity contribution in [2.24, 2.45) is 11.5 Å². The standard InChI is InChI=1S/C3H8.C2H8N2.3C2H6.5CH4/c1-3-2;1-2(3)4;3*1-2;;;;;/h3H2,1-2H3;2H,3-4H2,1H3;3*1-2H3;5*1H4. The summed E-state index contributed by atoms with van der Waals surface area (Å²) in [6.45, 7) is 18.0. The van der Waals surface area contributed by atoms with Crippen molar-refractivity contribution in [1.82, 2.24) is 0 Å². The zero-order chi connectivity index (χ0) is 12.3. The van der Waals surface area contributed by atoms with Crippen LogP contribution in [-0.4, -0.2) is 6.17 Å². The van der Waals surface area contributed by atoms with Gasteiger partial charge in [-0.3, -0.25) is 0 Å². The molecular weight excluding hydrogens is 220 g/mol. The summed E-state index contributed by atoms with van der Waals surface area (Å²) in [5, 5.41) is 0. The van der Waals surface area contributed by atoms with E-state index in [1.54, 1.807) is 6.92 Å². The van der Waals surface area contributed by atoms with Crippen molar-refractivity contribution in [3.8, 4) is 0 Å². The van der Waals surface area contributed by atoms with Gasteiger partial charge < -0.3 is 11.5 Å². The minimum absolute atomic E-state index is 0. The maximum Gasteiger partial charge on any atom is 0.0491 e. The summed E-state index contributed by atoms with van der Waals surface area (Å²) in [6.07, 6.45) is 1.08. The number of hydrogen-bond donors (Lipinski definition) is 2. The van der Waals surface area contributed by atoms with Gasteiger partial charge in [0.1, 0.15) is 0 Å². The molecule has 0 aromatic rings. The van der Waals surface area contributed by atoms with Gasteiger partial charge in [-0.25, -0.2) is 0 Å². The predicted molar refractivity (Wildman–Crippen MR) is 102 cm³/mol. The quantitative estimate of drug-likeness (QED) is 0.471. The molecule has 0 aliphatic carbocycles. The summed E-state index contributed by atoms with van der Waals surface area (Å²) in [5.41, 5.74) is 9.78. The van der Waals surface area contributed by atoms with E-state index in [9.17, 15) is 0 Å². The molecule has 0 aliphatic rings. The Balaban J connectivity index is -0.00000000535. The van der Waals surface area contributed by atoms with E-state index in [1.165, 1.54) is 6.42 Å². The molecule has 0 atom stereocenters. The van der Waals surface area contributed by atoms with Crippen molar-refractivity contribution in [3.05, 3.63) is 0 Å². The van der Waals surface area contributed by atoms with E-state index in [0.29, 0.717) is 0 Å². The van der Waals surface area contributed by atoms with Crippen LogP contribution in [0.5, 0.6) is 0 Å². The molecule has 0 radical (unpaired) electrons. The maximum atomic E-state index is 4.89. The van der Waals surface area contributed by atoms with Crippen LogP contribution in [-0.2, 0) is 0 Å². The monoisotopic (exact) mass is 274 g/mol. The van der Waals surface area contributed by atoms with Gasteiger partial charge in [0.25, 0.3) is 0 Å². The van der Waals surface area contributed by atoms with Crippen LogP contribution in [0.3, 0.4) is 0 Å². The minimum atomic E-state index is -0.167. The van der Waals surface area contributed by atoms with Gasteiger partial charge in [0.2, 0.25) is 0 Å². The lowest BCUT2D eigenvalue weighted by Crippen LogP contribution is -2.25. The Morgan fingerprint density at radius 3 is 0.611 bits per heavy atom. The SMILES string of the molecule is C.C.C.C.C.CC.CC.CC.CC(N)N.CCC. The van der Waals surface area contributed by atoms with Crippen molar-refractivity contribution in [2.45, 2.75) is 112 Å². The molecule has 18 heavy (non-hydrogen) atoms. The Kier molecular flexibility index (Phi) is 1270. The lowest BCUT2D eigenvalue weighted by atomic mass is 10.6. The molecule has 0 aromatic heterocycles. The molecule has 0 saturated carbocycles. The highest BCUT2D eigenvalue weighted by molar-refractivity contribution is 4.28. The third kappa shape index (κ3) is 554000. The first-order valence-corrected chi connectivity index (χ1v) is 5.66. The number of hydrogen-bond acceptors (Lipinski definition) is 2. The average Bonchev–Trinajstić information content (AvgIpc) is 2.14. The molecular formula is C16H54N2. The van der Waals surface area contributed by atoms with Gasteiger partial charge in [-0.2, -0.15) is 0 Å². The molecule has 2 nitrogen and oxygen atoms in total. The van der Waals surface area contributed by atoms with Crippen LogP contribution in [0.2, 0.25) is 0 Å². The van der Waals surface area contributed by atoms with Crippen molar-refractivity contribution in [3.63, 3.8) is 0 Å². The van der Waals surface area contributed by atoms with Gasteiger partial charge in [-0.1, -0.05) is 98.9 Å². The Morgan fingerprint density at radius 1 is 0.611 bits per heavy atom. The molecule has 128 valence electrons. The fourth-order valence-electron chi connectivity index (χ4n) is 0.